The Morgan fingerprint density at radius 1 is 0.326 bits per heavy atom. The van der Waals surface area contributed by atoms with Crippen LogP contribution >= 0.6 is 0 Å². The van der Waals surface area contributed by atoms with E-state index in [9.17, 15) is 0 Å². The highest BCUT2D eigenvalue weighted by Gasteiger charge is 2.14. The molecule has 3 unspecified atom stereocenters. The molecule has 14 nitrogen and oxygen atoms in total. The molecular weight excluding hydrogens is 608 g/mol. The van der Waals surface area contributed by atoms with Crippen molar-refractivity contribution in [3.05, 3.63) is 12.5 Å². The van der Waals surface area contributed by atoms with Crippen molar-refractivity contribution in [2.45, 2.75) is 6.92 Å². The van der Waals surface area contributed by atoms with Crippen molar-refractivity contribution in [2.24, 2.45) is 17.8 Å². The quantitative estimate of drug-likeness (QED) is 0.0698. The fourth-order valence-electron chi connectivity index (χ4n) is 3.58. The van der Waals surface area contributed by atoms with Crippen LogP contribution in [0.4, 0.5) is 0 Å². The molecule has 3 atom stereocenters. The smallest absolute Gasteiger partial charge is 0.117 e. The molecule has 0 aromatic rings. The molecular formula is C32H64O14. The summed E-state index contributed by atoms with van der Waals surface area (Å²) in [6.07, 6.45) is 3.04. The Bertz CT molecular complexity index is 601. The van der Waals surface area contributed by atoms with Crippen LogP contribution in [0.1, 0.15) is 6.92 Å². The number of hydrogen-bond acceptors (Lipinski definition) is 14. The Balaban J connectivity index is 4.19. The Morgan fingerprint density at radius 2 is 0.696 bits per heavy atom. The van der Waals surface area contributed by atoms with Crippen molar-refractivity contribution < 1.29 is 66.3 Å². The molecule has 0 aromatic carbocycles. The average molecular weight is 673 g/mol. The fraction of sp³-hybridized carbons (Fsp3) is 0.938. The Labute approximate surface area is 277 Å². The lowest BCUT2D eigenvalue weighted by Crippen LogP contribution is -2.26. The van der Waals surface area contributed by atoms with Gasteiger partial charge in [0.15, 0.2) is 0 Å². The van der Waals surface area contributed by atoms with Crippen molar-refractivity contribution in [3.8, 4) is 0 Å². The van der Waals surface area contributed by atoms with Crippen LogP contribution in [-0.2, 0) is 66.3 Å². The third-order valence-corrected chi connectivity index (χ3v) is 5.96. The van der Waals surface area contributed by atoms with Gasteiger partial charge in [-0.3, -0.25) is 0 Å². The molecule has 0 saturated carbocycles. The highest BCUT2D eigenvalue weighted by molar-refractivity contribution is 4.65. The summed E-state index contributed by atoms with van der Waals surface area (Å²) < 4.78 is 76.4. The van der Waals surface area contributed by atoms with E-state index < -0.39 is 0 Å². The summed E-state index contributed by atoms with van der Waals surface area (Å²) in [4.78, 5) is 0. The van der Waals surface area contributed by atoms with Crippen LogP contribution in [0.3, 0.4) is 0 Å². The molecule has 0 radical (unpaired) electrons. The summed E-state index contributed by atoms with van der Waals surface area (Å²) in [6, 6.07) is 0. The predicted octanol–water partition coefficient (Wildman–Crippen LogP) is 2.08. The molecule has 14 heteroatoms. The van der Waals surface area contributed by atoms with E-state index >= 15 is 0 Å². The lowest BCUT2D eigenvalue weighted by molar-refractivity contribution is -0.0374. The van der Waals surface area contributed by atoms with Gasteiger partial charge in [0, 0.05) is 46.2 Å². The second-order valence-electron chi connectivity index (χ2n) is 10.4. The number of rotatable bonds is 39. The molecule has 0 rings (SSSR count). The first kappa shape index (κ1) is 44.9. The third-order valence-electron chi connectivity index (χ3n) is 5.96. The number of methoxy groups -OCH3 is 4. The molecule has 0 amide bonds. The lowest BCUT2D eigenvalue weighted by Gasteiger charge is -2.20. The topological polar surface area (TPSA) is 129 Å². The van der Waals surface area contributed by atoms with E-state index in [1.807, 2.05) is 0 Å². The number of hydrogen-bond donors (Lipinski definition) is 0. The standard InChI is InChI=1S/C32H64O14/c1-30(22-45-28-31(24-36-5)25-42-20-17-40-14-12-37-9-6-33-2)23-46-29-32(26-43-19-16-39-11-8-35-4)27-44-21-18-41-15-13-38-10-7-34-3/h16,19,30-32H,6-15,17-18,20-29H2,1-5H3. The van der Waals surface area contributed by atoms with Gasteiger partial charge >= 0.3 is 0 Å². The van der Waals surface area contributed by atoms with E-state index in [0.717, 1.165) is 0 Å². The van der Waals surface area contributed by atoms with Gasteiger partial charge in [0.2, 0.25) is 0 Å². The molecule has 0 aliphatic carbocycles. The molecule has 0 bridgehead atoms. The first-order valence-corrected chi connectivity index (χ1v) is 16.1. The molecule has 0 saturated heterocycles. The van der Waals surface area contributed by atoms with Crippen molar-refractivity contribution in [1.29, 1.82) is 0 Å². The van der Waals surface area contributed by atoms with E-state index in [0.29, 0.717) is 145 Å². The van der Waals surface area contributed by atoms with Gasteiger partial charge in [0.05, 0.1) is 139 Å². The fourth-order valence-corrected chi connectivity index (χ4v) is 3.58. The van der Waals surface area contributed by atoms with E-state index in [2.05, 4.69) is 6.92 Å². The van der Waals surface area contributed by atoms with Gasteiger partial charge in [0.25, 0.3) is 0 Å². The third kappa shape index (κ3) is 34.2. The highest BCUT2D eigenvalue weighted by Crippen LogP contribution is 2.06. The summed E-state index contributed by atoms with van der Waals surface area (Å²) in [5.41, 5.74) is 0. The van der Waals surface area contributed by atoms with Crippen LogP contribution in [0.15, 0.2) is 12.5 Å². The molecule has 0 spiro atoms. The molecule has 0 N–H and O–H groups in total. The normalized spacial score (nSPS) is 13.8. The van der Waals surface area contributed by atoms with Crippen LogP contribution in [0.5, 0.6) is 0 Å². The van der Waals surface area contributed by atoms with Crippen LogP contribution in [0.25, 0.3) is 0 Å². The summed E-state index contributed by atoms with van der Waals surface area (Å²) in [5.74, 6) is 0.372. The minimum atomic E-state index is 0.0320. The first-order chi connectivity index (χ1) is 22.7. The Hall–Kier alpha value is -1.14. The van der Waals surface area contributed by atoms with Gasteiger partial charge in [0.1, 0.15) is 19.1 Å². The van der Waals surface area contributed by atoms with Gasteiger partial charge in [-0.05, 0) is 0 Å². The van der Waals surface area contributed by atoms with Gasteiger partial charge in [-0.1, -0.05) is 6.92 Å². The van der Waals surface area contributed by atoms with E-state index in [1.165, 1.54) is 12.5 Å². The van der Waals surface area contributed by atoms with Crippen LogP contribution in [-0.4, -0.2) is 174 Å². The maximum Gasteiger partial charge on any atom is 0.117 e. The Kier molecular flexibility index (Phi) is 37.4. The van der Waals surface area contributed by atoms with Gasteiger partial charge in [-0.2, -0.15) is 0 Å². The highest BCUT2D eigenvalue weighted by atomic mass is 16.6. The van der Waals surface area contributed by atoms with Crippen LogP contribution in [0.2, 0.25) is 0 Å². The monoisotopic (exact) mass is 672 g/mol. The Morgan fingerprint density at radius 3 is 1.15 bits per heavy atom. The zero-order chi connectivity index (χ0) is 33.6. The SMILES string of the molecule is COCCOC=COCC(COCCOCCOCCOC)COCC(C)COCC(COC)COCCOCCOCCOC. The maximum atomic E-state index is 6.01. The van der Waals surface area contributed by atoms with Crippen molar-refractivity contribution >= 4 is 0 Å². The minimum absolute atomic E-state index is 0.0320. The average Bonchev–Trinajstić information content (AvgIpc) is 3.05. The molecule has 0 aliphatic heterocycles. The summed E-state index contributed by atoms with van der Waals surface area (Å²) in [5, 5.41) is 0. The molecule has 0 heterocycles. The molecule has 0 aromatic heterocycles. The summed E-state index contributed by atoms with van der Waals surface area (Å²) in [6.45, 7) is 13.6. The van der Waals surface area contributed by atoms with Crippen molar-refractivity contribution in [1.82, 2.24) is 0 Å². The van der Waals surface area contributed by atoms with Gasteiger partial charge < -0.3 is 66.3 Å². The van der Waals surface area contributed by atoms with E-state index in [-0.39, 0.29) is 17.8 Å². The molecule has 0 aliphatic rings. The first-order valence-electron chi connectivity index (χ1n) is 16.1. The molecule has 46 heavy (non-hydrogen) atoms. The zero-order valence-electron chi connectivity index (χ0n) is 29.2. The summed E-state index contributed by atoms with van der Waals surface area (Å²) >= 11 is 0. The largest absolute Gasteiger partial charge is 0.498 e. The summed E-state index contributed by atoms with van der Waals surface area (Å²) in [7, 11) is 6.60. The van der Waals surface area contributed by atoms with Crippen molar-refractivity contribution in [3.63, 3.8) is 0 Å². The number of ether oxygens (including phenoxy) is 14. The van der Waals surface area contributed by atoms with Crippen LogP contribution in [0, 0.1) is 17.8 Å². The second-order valence-corrected chi connectivity index (χ2v) is 10.4. The van der Waals surface area contributed by atoms with Crippen molar-refractivity contribution in [2.75, 3.05) is 174 Å². The predicted molar refractivity (Wildman–Crippen MR) is 171 cm³/mol. The lowest BCUT2D eigenvalue weighted by atomic mass is 10.2. The van der Waals surface area contributed by atoms with E-state index in [1.54, 1.807) is 28.4 Å². The second kappa shape index (κ2) is 38.3. The molecule has 0 fully saturated rings. The maximum absolute atomic E-state index is 6.01. The minimum Gasteiger partial charge on any atom is -0.498 e. The zero-order valence-corrected chi connectivity index (χ0v) is 29.2. The molecule has 276 valence electrons. The van der Waals surface area contributed by atoms with Crippen LogP contribution < -0.4 is 0 Å². The van der Waals surface area contributed by atoms with Gasteiger partial charge in [-0.25, -0.2) is 0 Å². The van der Waals surface area contributed by atoms with E-state index in [4.69, 9.17) is 66.3 Å². The van der Waals surface area contributed by atoms with Gasteiger partial charge in [-0.15, -0.1) is 0 Å².